The zero-order valence-corrected chi connectivity index (χ0v) is 27.9. The number of hydrogen-bond donors (Lipinski definition) is 2. The van der Waals surface area contributed by atoms with Crippen LogP contribution in [-0.2, 0) is 29.3 Å². The molecule has 2 amide bonds. The van der Waals surface area contributed by atoms with Crippen molar-refractivity contribution in [2.24, 2.45) is 5.92 Å². The Morgan fingerprint density at radius 2 is 1.81 bits per heavy atom. The standard InChI is InChI=1S/C36H36Cl2F2N4O4/c1-2-33(45)42-17-21-3-10-29(37)23(15-21)19-44(24-6-7-24)36(46)28-18-41-14-13-27(28)22-4-8-25(9-5-22)47-20-26-16-32(43-48-26)34-30(39)11-12-31(40)35(34)38/h3-5,8-12,15-16,24,27-28,41H,2,6-7,13-14,17-20H2,1H3,(H,42,45)/t27-,28+/m1/s1. The summed E-state index contributed by atoms with van der Waals surface area (Å²) in [5.74, 6) is -0.723. The Morgan fingerprint density at radius 1 is 1.04 bits per heavy atom. The number of ether oxygens (including phenoxy) is 1. The van der Waals surface area contributed by atoms with E-state index < -0.39 is 11.6 Å². The lowest BCUT2D eigenvalue weighted by Crippen LogP contribution is -2.47. The molecule has 4 aromatic rings. The maximum atomic E-state index is 14.3. The monoisotopic (exact) mass is 696 g/mol. The summed E-state index contributed by atoms with van der Waals surface area (Å²) in [6, 6.07) is 16.9. The molecule has 2 aliphatic rings. The van der Waals surface area contributed by atoms with Gasteiger partial charge in [-0.3, -0.25) is 9.59 Å². The highest BCUT2D eigenvalue weighted by Crippen LogP contribution is 2.38. The minimum absolute atomic E-state index is 0.0143. The Bertz CT molecular complexity index is 1780. The maximum absolute atomic E-state index is 14.3. The number of aromatic nitrogens is 1. The maximum Gasteiger partial charge on any atom is 0.228 e. The summed E-state index contributed by atoms with van der Waals surface area (Å²) in [5, 5.41) is 10.4. The van der Waals surface area contributed by atoms with Crippen LogP contribution >= 0.6 is 23.2 Å². The predicted molar refractivity (Wildman–Crippen MR) is 179 cm³/mol. The Balaban J connectivity index is 1.12. The number of rotatable bonds is 12. The molecule has 3 aromatic carbocycles. The third kappa shape index (κ3) is 7.83. The van der Waals surface area contributed by atoms with E-state index in [4.69, 9.17) is 32.5 Å². The van der Waals surface area contributed by atoms with Crippen LogP contribution in [-0.4, -0.2) is 41.0 Å². The van der Waals surface area contributed by atoms with Gasteiger partial charge in [-0.15, -0.1) is 0 Å². The Kier molecular flexibility index (Phi) is 10.6. The molecule has 1 saturated heterocycles. The van der Waals surface area contributed by atoms with Gasteiger partial charge in [0.15, 0.2) is 5.76 Å². The van der Waals surface area contributed by atoms with Crippen LogP contribution in [0.1, 0.15) is 61.0 Å². The van der Waals surface area contributed by atoms with Crippen molar-refractivity contribution in [2.75, 3.05) is 13.1 Å². The lowest BCUT2D eigenvalue weighted by molar-refractivity contribution is -0.138. The normalized spacial score (nSPS) is 17.6. The number of amides is 2. The van der Waals surface area contributed by atoms with Crippen LogP contribution in [0.3, 0.4) is 0 Å². The van der Waals surface area contributed by atoms with E-state index in [9.17, 15) is 18.4 Å². The molecule has 2 N–H and O–H groups in total. The van der Waals surface area contributed by atoms with Crippen LogP contribution < -0.4 is 15.4 Å². The Morgan fingerprint density at radius 3 is 2.56 bits per heavy atom. The van der Waals surface area contributed by atoms with Crippen molar-refractivity contribution in [3.8, 4) is 17.0 Å². The molecule has 2 heterocycles. The van der Waals surface area contributed by atoms with Gasteiger partial charge in [0.2, 0.25) is 11.8 Å². The van der Waals surface area contributed by atoms with Crippen molar-refractivity contribution < 1.29 is 27.6 Å². The summed E-state index contributed by atoms with van der Waals surface area (Å²) in [7, 11) is 0. The second-order valence-electron chi connectivity index (χ2n) is 12.2. The van der Waals surface area contributed by atoms with Crippen molar-refractivity contribution in [2.45, 2.75) is 64.3 Å². The average molecular weight is 698 g/mol. The minimum Gasteiger partial charge on any atom is -0.486 e. The summed E-state index contributed by atoms with van der Waals surface area (Å²) in [6.07, 6.45) is 3.15. The number of carbonyl (C=O) groups excluding carboxylic acids is 2. The van der Waals surface area contributed by atoms with E-state index in [1.54, 1.807) is 0 Å². The molecule has 2 atom stereocenters. The molecular formula is C36H36Cl2F2N4O4. The van der Waals surface area contributed by atoms with Gasteiger partial charge in [0.25, 0.3) is 0 Å². The number of halogens is 4. The molecule has 1 aliphatic heterocycles. The van der Waals surface area contributed by atoms with Crippen molar-refractivity contribution in [3.63, 3.8) is 0 Å². The van der Waals surface area contributed by atoms with Crippen LogP contribution in [0.15, 0.2) is 65.2 Å². The first-order valence-corrected chi connectivity index (χ1v) is 16.8. The molecule has 12 heteroatoms. The number of carbonyl (C=O) groups is 2. The van der Waals surface area contributed by atoms with Gasteiger partial charge in [0, 0.05) is 43.2 Å². The van der Waals surface area contributed by atoms with Crippen LogP contribution in [0.25, 0.3) is 11.3 Å². The largest absolute Gasteiger partial charge is 0.486 e. The Hall–Kier alpha value is -3.99. The van der Waals surface area contributed by atoms with E-state index in [-0.39, 0.29) is 52.6 Å². The fraction of sp³-hybridized carbons (Fsp3) is 0.361. The molecule has 252 valence electrons. The number of nitrogens with zero attached hydrogens (tertiary/aromatic N) is 2. The minimum atomic E-state index is -0.753. The molecule has 1 saturated carbocycles. The smallest absolute Gasteiger partial charge is 0.228 e. The fourth-order valence-electron chi connectivity index (χ4n) is 6.10. The van der Waals surface area contributed by atoms with Gasteiger partial charge in [0.1, 0.15) is 29.7 Å². The lowest BCUT2D eigenvalue weighted by Gasteiger charge is -2.36. The fourth-order valence-corrected chi connectivity index (χ4v) is 6.53. The molecule has 6 rings (SSSR count). The highest BCUT2D eigenvalue weighted by molar-refractivity contribution is 6.33. The molecule has 48 heavy (non-hydrogen) atoms. The van der Waals surface area contributed by atoms with Gasteiger partial charge in [0.05, 0.1) is 16.5 Å². The molecular weight excluding hydrogens is 661 g/mol. The molecule has 0 spiro atoms. The predicted octanol–water partition coefficient (Wildman–Crippen LogP) is 7.42. The number of nitrogens with one attached hydrogen (secondary N) is 2. The molecule has 8 nitrogen and oxygen atoms in total. The zero-order valence-electron chi connectivity index (χ0n) is 26.4. The second kappa shape index (κ2) is 15.1. The van der Waals surface area contributed by atoms with Gasteiger partial charge < -0.3 is 24.8 Å². The first-order chi connectivity index (χ1) is 23.2. The second-order valence-corrected chi connectivity index (χ2v) is 13.0. The SMILES string of the molecule is CCC(=O)NCc1ccc(Cl)c(CN(C(=O)[C@H]2CNCC[C@@H]2c2ccc(OCc3cc(-c4c(F)ccc(F)c4Cl)no3)cc2)C2CC2)c1. The van der Waals surface area contributed by atoms with Gasteiger partial charge in [-0.2, -0.15) is 0 Å². The molecule has 0 radical (unpaired) electrons. The summed E-state index contributed by atoms with van der Waals surface area (Å²) in [6.45, 7) is 4.02. The first kappa shape index (κ1) is 33.9. The van der Waals surface area contributed by atoms with E-state index >= 15 is 0 Å². The van der Waals surface area contributed by atoms with Crippen molar-refractivity contribution in [1.82, 2.24) is 20.7 Å². The molecule has 2 fully saturated rings. The van der Waals surface area contributed by atoms with Crippen LogP contribution in [0.5, 0.6) is 5.75 Å². The number of benzene rings is 3. The lowest BCUT2D eigenvalue weighted by atomic mass is 9.80. The molecule has 1 aliphatic carbocycles. The molecule has 0 bridgehead atoms. The van der Waals surface area contributed by atoms with Crippen LogP contribution in [0.2, 0.25) is 10.0 Å². The van der Waals surface area contributed by atoms with Crippen LogP contribution in [0, 0.1) is 17.6 Å². The van der Waals surface area contributed by atoms with Crippen molar-refractivity contribution in [1.29, 1.82) is 0 Å². The highest BCUT2D eigenvalue weighted by Gasteiger charge is 2.40. The van der Waals surface area contributed by atoms with E-state index in [0.29, 0.717) is 42.6 Å². The van der Waals surface area contributed by atoms with E-state index in [0.717, 1.165) is 54.6 Å². The van der Waals surface area contributed by atoms with Gasteiger partial charge in [-0.25, -0.2) is 8.78 Å². The van der Waals surface area contributed by atoms with E-state index in [2.05, 4.69) is 15.8 Å². The summed E-state index contributed by atoms with van der Waals surface area (Å²) >= 11 is 12.6. The summed E-state index contributed by atoms with van der Waals surface area (Å²) < 4.78 is 39.4. The molecule has 1 aromatic heterocycles. The first-order valence-electron chi connectivity index (χ1n) is 16.1. The average Bonchev–Trinajstić information content (AvgIpc) is 3.85. The van der Waals surface area contributed by atoms with E-state index in [1.165, 1.54) is 6.07 Å². The van der Waals surface area contributed by atoms with Crippen molar-refractivity contribution in [3.05, 3.63) is 105 Å². The third-order valence-electron chi connectivity index (χ3n) is 8.88. The van der Waals surface area contributed by atoms with Crippen LogP contribution in [0.4, 0.5) is 8.78 Å². The van der Waals surface area contributed by atoms with Crippen molar-refractivity contribution >= 4 is 35.0 Å². The quantitative estimate of drug-likeness (QED) is 0.150. The Labute approximate surface area is 287 Å². The summed E-state index contributed by atoms with van der Waals surface area (Å²) in [5.41, 5.74) is 2.75. The third-order valence-corrected chi connectivity index (χ3v) is 9.62. The molecule has 0 unspecified atom stereocenters. The van der Waals surface area contributed by atoms with Gasteiger partial charge in [-0.1, -0.05) is 59.5 Å². The van der Waals surface area contributed by atoms with Gasteiger partial charge in [-0.05, 0) is 78.7 Å². The zero-order chi connectivity index (χ0) is 33.8. The van der Waals surface area contributed by atoms with Gasteiger partial charge >= 0.3 is 0 Å². The number of piperidine rings is 1. The highest BCUT2D eigenvalue weighted by atomic mass is 35.5. The topological polar surface area (TPSA) is 96.7 Å². The summed E-state index contributed by atoms with van der Waals surface area (Å²) in [4.78, 5) is 28.0. The number of hydrogen-bond acceptors (Lipinski definition) is 6. The van der Waals surface area contributed by atoms with E-state index in [1.807, 2.05) is 54.3 Å².